The fraction of sp³-hybridized carbons (Fsp3) is 0.250. The van der Waals surface area contributed by atoms with Gasteiger partial charge < -0.3 is 4.74 Å². The van der Waals surface area contributed by atoms with Crippen molar-refractivity contribution in [2.75, 3.05) is 18.2 Å². The molecule has 7 heteroatoms. The maximum atomic E-state index is 12.0. The second-order valence-corrected chi connectivity index (χ2v) is 5.98. The molecule has 19 heavy (non-hydrogen) atoms. The van der Waals surface area contributed by atoms with Crippen molar-refractivity contribution in [2.24, 2.45) is 0 Å². The lowest BCUT2D eigenvalue weighted by molar-refractivity contribution is 0.102. The van der Waals surface area contributed by atoms with Gasteiger partial charge in [0.05, 0.1) is 7.11 Å². The summed E-state index contributed by atoms with van der Waals surface area (Å²) in [4.78, 5) is 12.0. The van der Waals surface area contributed by atoms with Crippen molar-refractivity contribution in [3.05, 3.63) is 29.8 Å². The van der Waals surface area contributed by atoms with Gasteiger partial charge in [0.1, 0.15) is 5.75 Å². The second-order valence-electron chi connectivity index (χ2n) is 3.49. The second kappa shape index (κ2) is 6.53. The molecule has 0 aliphatic rings. The first-order chi connectivity index (χ1) is 9.22. The fourth-order valence-electron chi connectivity index (χ4n) is 1.38. The van der Waals surface area contributed by atoms with E-state index >= 15 is 0 Å². The Bertz CT molecular complexity index is 572. The van der Waals surface area contributed by atoms with Crippen molar-refractivity contribution in [1.29, 1.82) is 0 Å². The minimum absolute atomic E-state index is 0.219. The number of nitrogens with zero attached hydrogens (tertiary/aromatic N) is 2. The molecule has 2 aromatic rings. The van der Waals surface area contributed by atoms with Crippen molar-refractivity contribution in [2.45, 2.75) is 11.3 Å². The molecule has 2 rings (SSSR count). The SMILES string of the molecule is CCSc1nnc(NC(=O)c2cccc(OC)c2)s1. The molecule has 100 valence electrons. The van der Waals surface area contributed by atoms with Crippen LogP contribution in [0, 0.1) is 0 Å². The van der Waals surface area contributed by atoms with E-state index in [0.717, 1.165) is 10.1 Å². The van der Waals surface area contributed by atoms with Crippen LogP contribution in [0.25, 0.3) is 0 Å². The number of carbonyl (C=O) groups excluding carboxylic acids is 1. The largest absolute Gasteiger partial charge is 0.497 e. The molecule has 0 fully saturated rings. The molecule has 0 atom stereocenters. The van der Waals surface area contributed by atoms with Crippen LogP contribution in [0.5, 0.6) is 5.75 Å². The summed E-state index contributed by atoms with van der Waals surface area (Å²) in [5.41, 5.74) is 0.527. The summed E-state index contributed by atoms with van der Waals surface area (Å²) in [6.45, 7) is 2.04. The van der Waals surface area contributed by atoms with E-state index in [1.54, 1.807) is 43.1 Å². The van der Waals surface area contributed by atoms with Gasteiger partial charge in [0.2, 0.25) is 5.13 Å². The van der Waals surface area contributed by atoms with E-state index in [9.17, 15) is 4.79 Å². The highest BCUT2D eigenvalue weighted by molar-refractivity contribution is 8.01. The number of benzene rings is 1. The standard InChI is InChI=1S/C12H13N3O2S2/c1-3-18-12-15-14-11(19-12)13-10(16)8-5-4-6-9(7-8)17-2/h4-7H,3H2,1-2H3,(H,13,14,16). The first-order valence-corrected chi connectivity index (χ1v) is 7.45. The molecular weight excluding hydrogens is 282 g/mol. The summed E-state index contributed by atoms with van der Waals surface area (Å²) < 4.78 is 5.93. The molecule has 0 spiro atoms. The van der Waals surface area contributed by atoms with E-state index in [1.807, 2.05) is 6.92 Å². The number of carbonyl (C=O) groups is 1. The topological polar surface area (TPSA) is 64.1 Å². The fourth-order valence-corrected chi connectivity index (χ4v) is 3.02. The van der Waals surface area contributed by atoms with E-state index in [4.69, 9.17) is 4.74 Å². The zero-order chi connectivity index (χ0) is 13.7. The summed E-state index contributed by atoms with van der Waals surface area (Å²) in [5.74, 6) is 1.36. The van der Waals surface area contributed by atoms with Crippen LogP contribution >= 0.6 is 23.1 Å². The molecule has 1 aromatic carbocycles. The third-order valence-electron chi connectivity index (χ3n) is 2.23. The van der Waals surface area contributed by atoms with Crippen molar-refractivity contribution < 1.29 is 9.53 Å². The van der Waals surface area contributed by atoms with Gasteiger partial charge in [-0.2, -0.15) is 0 Å². The molecule has 0 saturated heterocycles. The van der Waals surface area contributed by atoms with Gasteiger partial charge in [0, 0.05) is 5.56 Å². The predicted molar refractivity (Wildman–Crippen MR) is 77.3 cm³/mol. The number of hydrogen-bond acceptors (Lipinski definition) is 6. The highest BCUT2D eigenvalue weighted by Crippen LogP contribution is 2.25. The first kappa shape index (κ1) is 13.8. The minimum Gasteiger partial charge on any atom is -0.497 e. The third-order valence-corrected chi connectivity index (χ3v) is 4.08. The predicted octanol–water partition coefficient (Wildman–Crippen LogP) is 2.91. The zero-order valence-electron chi connectivity index (χ0n) is 10.5. The number of amides is 1. The van der Waals surface area contributed by atoms with Crippen LogP contribution in [0.1, 0.15) is 17.3 Å². The number of rotatable bonds is 5. The maximum Gasteiger partial charge on any atom is 0.257 e. The Kier molecular flexibility index (Phi) is 4.75. The summed E-state index contributed by atoms with van der Waals surface area (Å²) >= 11 is 2.97. The van der Waals surface area contributed by atoms with Crippen molar-refractivity contribution >= 4 is 34.1 Å². The average molecular weight is 295 g/mol. The molecule has 0 saturated carbocycles. The lowest BCUT2D eigenvalue weighted by atomic mass is 10.2. The number of ether oxygens (including phenoxy) is 1. The monoisotopic (exact) mass is 295 g/mol. The van der Waals surface area contributed by atoms with Crippen LogP contribution in [0.3, 0.4) is 0 Å². The molecule has 0 bridgehead atoms. The number of hydrogen-bond donors (Lipinski definition) is 1. The highest BCUT2D eigenvalue weighted by atomic mass is 32.2. The van der Waals surface area contributed by atoms with E-state index in [-0.39, 0.29) is 5.91 Å². The van der Waals surface area contributed by atoms with Gasteiger partial charge in [-0.1, -0.05) is 36.1 Å². The van der Waals surface area contributed by atoms with Crippen molar-refractivity contribution in [3.8, 4) is 5.75 Å². The Labute approximate surface area is 119 Å². The van der Waals surface area contributed by atoms with E-state index < -0.39 is 0 Å². The van der Waals surface area contributed by atoms with Gasteiger partial charge in [0.15, 0.2) is 4.34 Å². The molecule has 1 N–H and O–H groups in total. The maximum absolute atomic E-state index is 12.0. The Morgan fingerprint density at radius 1 is 1.47 bits per heavy atom. The Balaban J connectivity index is 2.06. The van der Waals surface area contributed by atoms with E-state index in [1.165, 1.54) is 11.3 Å². The summed E-state index contributed by atoms with van der Waals surface area (Å²) in [6, 6.07) is 6.96. The first-order valence-electron chi connectivity index (χ1n) is 5.64. The van der Waals surface area contributed by atoms with Crippen LogP contribution in [0.4, 0.5) is 5.13 Å². The molecule has 1 heterocycles. The smallest absolute Gasteiger partial charge is 0.257 e. The van der Waals surface area contributed by atoms with Gasteiger partial charge in [-0.05, 0) is 24.0 Å². The molecule has 1 aromatic heterocycles. The van der Waals surface area contributed by atoms with Gasteiger partial charge in [-0.15, -0.1) is 10.2 Å². The van der Waals surface area contributed by atoms with Gasteiger partial charge in [-0.3, -0.25) is 10.1 Å². The zero-order valence-corrected chi connectivity index (χ0v) is 12.2. The van der Waals surface area contributed by atoms with Crippen molar-refractivity contribution in [1.82, 2.24) is 10.2 Å². The third kappa shape index (κ3) is 3.68. The van der Waals surface area contributed by atoms with E-state index in [0.29, 0.717) is 16.4 Å². The number of aromatic nitrogens is 2. The van der Waals surface area contributed by atoms with Gasteiger partial charge in [0.25, 0.3) is 5.91 Å². The molecular formula is C12H13N3O2S2. The molecule has 0 aliphatic heterocycles. The Morgan fingerprint density at radius 2 is 2.32 bits per heavy atom. The Hall–Kier alpha value is -1.60. The summed E-state index contributed by atoms with van der Waals surface area (Å²) in [5, 5.41) is 11.1. The Morgan fingerprint density at radius 3 is 3.05 bits per heavy atom. The van der Waals surface area contributed by atoms with Crippen molar-refractivity contribution in [3.63, 3.8) is 0 Å². The lowest BCUT2D eigenvalue weighted by Crippen LogP contribution is -2.11. The van der Waals surface area contributed by atoms with E-state index in [2.05, 4.69) is 15.5 Å². The van der Waals surface area contributed by atoms with Crippen LogP contribution in [0.15, 0.2) is 28.6 Å². The van der Waals surface area contributed by atoms with Crippen LogP contribution in [-0.4, -0.2) is 29.0 Å². The number of nitrogens with one attached hydrogen (secondary N) is 1. The average Bonchev–Trinajstić information content (AvgIpc) is 2.86. The quantitative estimate of drug-likeness (QED) is 0.678. The molecule has 0 unspecified atom stereocenters. The lowest BCUT2D eigenvalue weighted by Gasteiger charge is -2.03. The summed E-state index contributed by atoms with van der Waals surface area (Å²) in [7, 11) is 1.57. The van der Waals surface area contributed by atoms with Gasteiger partial charge in [-0.25, -0.2) is 0 Å². The van der Waals surface area contributed by atoms with Crippen LogP contribution in [-0.2, 0) is 0 Å². The molecule has 0 radical (unpaired) electrons. The number of anilines is 1. The molecule has 0 aliphatic carbocycles. The normalized spacial score (nSPS) is 10.2. The van der Waals surface area contributed by atoms with Gasteiger partial charge >= 0.3 is 0 Å². The molecule has 1 amide bonds. The number of thioether (sulfide) groups is 1. The minimum atomic E-state index is -0.219. The summed E-state index contributed by atoms with van der Waals surface area (Å²) in [6.07, 6.45) is 0. The highest BCUT2D eigenvalue weighted by Gasteiger charge is 2.10. The molecule has 5 nitrogen and oxygen atoms in total. The van der Waals surface area contributed by atoms with Crippen LogP contribution < -0.4 is 10.1 Å². The van der Waals surface area contributed by atoms with Crippen LogP contribution in [0.2, 0.25) is 0 Å². The number of methoxy groups -OCH3 is 1.